The molecule has 0 aromatic rings. The molecule has 1 heterocycles. The van der Waals surface area contributed by atoms with Crippen LogP contribution >= 0.6 is 0 Å². The van der Waals surface area contributed by atoms with Crippen LogP contribution in [0.3, 0.4) is 0 Å². The summed E-state index contributed by atoms with van der Waals surface area (Å²) in [5.74, 6) is -1.29. The second-order valence-corrected chi connectivity index (χ2v) is 8.45. The molecule has 4 fully saturated rings. The Labute approximate surface area is 152 Å². The van der Waals surface area contributed by atoms with E-state index in [0.29, 0.717) is 11.3 Å². The number of aliphatic carboxylic acids is 1. The van der Waals surface area contributed by atoms with E-state index in [0.717, 1.165) is 25.2 Å². The van der Waals surface area contributed by atoms with Gasteiger partial charge in [0.1, 0.15) is 0 Å². The second kappa shape index (κ2) is 7.32. The summed E-state index contributed by atoms with van der Waals surface area (Å²) in [5, 5.41) is 7.12. The van der Waals surface area contributed by atoms with Crippen molar-refractivity contribution in [3.8, 4) is 0 Å². The van der Waals surface area contributed by atoms with Crippen LogP contribution < -0.4 is 5.73 Å². The highest BCUT2D eigenvalue weighted by atomic mass is 19.4. The number of hydrogen-bond donors (Lipinski definition) is 2. The summed E-state index contributed by atoms with van der Waals surface area (Å²) >= 11 is 0. The van der Waals surface area contributed by atoms with Crippen LogP contribution in [0, 0.1) is 17.3 Å². The Kier molecular flexibility index (Phi) is 6.05. The molecule has 0 spiro atoms. The van der Waals surface area contributed by atoms with Crippen molar-refractivity contribution < 1.29 is 32.4 Å². The molecule has 26 heavy (non-hydrogen) atoms. The average molecular weight is 379 g/mol. The smallest absolute Gasteiger partial charge is 0.475 e. The third-order valence-electron chi connectivity index (χ3n) is 6.45. The van der Waals surface area contributed by atoms with E-state index in [1.54, 1.807) is 0 Å². The monoisotopic (exact) mass is 379 g/mol. The Bertz CT molecular complexity index is 531. The van der Waals surface area contributed by atoms with E-state index in [2.05, 4.69) is 27.7 Å². The van der Waals surface area contributed by atoms with Crippen molar-refractivity contribution in [3.05, 3.63) is 0 Å². The van der Waals surface area contributed by atoms with Gasteiger partial charge in [-0.2, -0.15) is 13.2 Å². The minimum atomic E-state index is -5.08. The fourth-order valence-corrected chi connectivity index (χ4v) is 4.66. The number of alkyl halides is 3. The number of carboxylic acid groups (broad SMARTS) is 1. The van der Waals surface area contributed by atoms with Crippen LogP contribution in [0.4, 0.5) is 13.2 Å². The van der Waals surface area contributed by atoms with Crippen LogP contribution in [-0.4, -0.2) is 42.0 Å². The highest BCUT2D eigenvalue weighted by Gasteiger charge is 2.68. The molecule has 0 unspecified atom stereocenters. The number of carboxylic acids is 1. The van der Waals surface area contributed by atoms with Crippen molar-refractivity contribution in [2.24, 2.45) is 23.0 Å². The Morgan fingerprint density at radius 3 is 2.38 bits per heavy atom. The van der Waals surface area contributed by atoms with Crippen LogP contribution in [0.15, 0.2) is 0 Å². The maximum atomic E-state index is 10.6. The Balaban J connectivity index is 0.000000298. The summed E-state index contributed by atoms with van der Waals surface area (Å²) in [7, 11) is -0.184. The molecule has 4 rings (SSSR count). The normalized spacial score (nSPS) is 35.7. The number of halogens is 3. The van der Waals surface area contributed by atoms with Gasteiger partial charge in [0.2, 0.25) is 0 Å². The molecule has 5 atom stereocenters. The molecule has 0 radical (unpaired) electrons. The number of rotatable bonds is 4. The number of unbranched alkanes of at least 4 members (excludes halogenated alkanes) is 1. The fourth-order valence-electron chi connectivity index (χ4n) is 4.66. The highest BCUT2D eigenvalue weighted by molar-refractivity contribution is 6.47. The van der Waals surface area contributed by atoms with Crippen molar-refractivity contribution in [3.63, 3.8) is 0 Å². The Morgan fingerprint density at radius 2 is 1.92 bits per heavy atom. The molecule has 3 aliphatic carbocycles. The van der Waals surface area contributed by atoms with E-state index in [1.165, 1.54) is 12.8 Å². The molecule has 2 bridgehead atoms. The summed E-state index contributed by atoms with van der Waals surface area (Å²) in [4.78, 5) is 8.90. The topological polar surface area (TPSA) is 81.8 Å². The van der Waals surface area contributed by atoms with E-state index in [-0.39, 0.29) is 24.8 Å². The van der Waals surface area contributed by atoms with Crippen LogP contribution in [0.1, 0.15) is 59.8 Å². The second-order valence-electron chi connectivity index (χ2n) is 8.45. The van der Waals surface area contributed by atoms with Crippen molar-refractivity contribution in [1.29, 1.82) is 0 Å². The highest BCUT2D eigenvalue weighted by Crippen LogP contribution is 2.65. The molecule has 1 aliphatic heterocycles. The predicted octanol–water partition coefficient (Wildman–Crippen LogP) is 3.40. The van der Waals surface area contributed by atoms with Gasteiger partial charge >= 0.3 is 19.3 Å². The summed E-state index contributed by atoms with van der Waals surface area (Å²) < 4.78 is 44.3. The predicted molar refractivity (Wildman–Crippen MR) is 91.3 cm³/mol. The zero-order valence-corrected chi connectivity index (χ0v) is 15.8. The van der Waals surface area contributed by atoms with Gasteiger partial charge < -0.3 is 20.1 Å². The standard InChI is InChI=1S/C15H28BNO2.C2HF3O2/c1-5-6-7-13(17)16-18-12-9-10-8-11(14(10,2)3)15(12,4)19-16;3-2(4,5)1(6)7/h10-13H,5-9,17H2,1-4H3;(H,6,7)/t10-,11-,12+,13+,15-;/m0./s1. The fraction of sp³-hybridized carbons (Fsp3) is 0.941. The van der Waals surface area contributed by atoms with Crippen molar-refractivity contribution >= 4 is 13.1 Å². The third-order valence-corrected chi connectivity index (χ3v) is 6.45. The minimum absolute atomic E-state index is 0.0303. The summed E-state index contributed by atoms with van der Waals surface area (Å²) in [6, 6.07) is 0. The van der Waals surface area contributed by atoms with E-state index in [1.807, 2.05) is 0 Å². The zero-order valence-electron chi connectivity index (χ0n) is 15.8. The largest absolute Gasteiger partial charge is 0.490 e. The van der Waals surface area contributed by atoms with E-state index in [9.17, 15) is 13.2 Å². The van der Waals surface area contributed by atoms with Crippen LogP contribution in [0.25, 0.3) is 0 Å². The third kappa shape index (κ3) is 3.89. The van der Waals surface area contributed by atoms with Gasteiger partial charge in [0.25, 0.3) is 0 Å². The molecule has 0 amide bonds. The quantitative estimate of drug-likeness (QED) is 0.732. The molecule has 3 N–H and O–H groups in total. The average Bonchev–Trinajstić information content (AvgIpc) is 2.89. The van der Waals surface area contributed by atoms with Crippen molar-refractivity contribution in [2.45, 2.75) is 83.6 Å². The lowest BCUT2D eigenvalue weighted by atomic mass is 9.43. The first-order chi connectivity index (χ1) is 11.8. The SMILES string of the molecule is CCCC[C@@H](N)B1O[C@@H]2C[C@@H]3C[C@@H](C3(C)C)[C@]2(C)O1.O=C(O)C(F)(F)F. The van der Waals surface area contributed by atoms with Gasteiger partial charge in [0.15, 0.2) is 0 Å². The Hall–Kier alpha value is -0.795. The lowest BCUT2D eigenvalue weighted by Gasteiger charge is -2.64. The number of nitrogens with two attached hydrogens (primary N) is 1. The number of carbonyl (C=O) groups is 1. The van der Waals surface area contributed by atoms with Gasteiger partial charge in [-0.3, -0.25) is 0 Å². The van der Waals surface area contributed by atoms with Crippen LogP contribution in [0.5, 0.6) is 0 Å². The van der Waals surface area contributed by atoms with Gasteiger partial charge in [0.05, 0.1) is 11.7 Å². The first kappa shape index (κ1) is 21.5. The van der Waals surface area contributed by atoms with Crippen molar-refractivity contribution in [2.75, 3.05) is 0 Å². The Morgan fingerprint density at radius 1 is 1.35 bits per heavy atom. The van der Waals surface area contributed by atoms with E-state index < -0.39 is 12.1 Å². The summed E-state index contributed by atoms with van der Waals surface area (Å²) in [6.45, 7) is 9.23. The van der Waals surface area contributed by atoms with Gasteiger partial charge in [-0.25, -0.2) is 4.79 Å². The molecule has 5 nitrogen and oxygen atoms in total. The van der Waals surface area contributed by atoms with Crippen molar-refractivity contribution in [1.82, 2.24) is 0 Å². The molecular formula is C17H29BF3NO4. The first-order valence-electron chi connectivity index (χ1n) is 9.23. The van der Waals surface area contributed by atoms with Gasteiger partial charge in [0, 0.05) is 5.94 Å². The molecule has 0 aromatic heterocycles. The lowest BCUT2D eigenvalue weighted by Crippen LogP contribution is -2.65. The maximum Gasteiger partial charge on any atom is 0.490 e. The van der Waals surface area contributed by atoms with E-state index in [4.69, 9.17) is 24.9 Å². The van der Waals surface area contributed by atoms with Gasteiger partial charge in [-0.15, -0.1) is 0 Å². The summed E-state index contributed by atoms with van der Waals surface area (Å²) in [5.41, 5.74) is 6.56. The van der Waals surface area contributed by atoms with Gasteiger partial charge in [-0.1, -0.05) is 33.6 Å². The molecule has 3 saturated carbocycles. The molecule has 150 valence electrons. The van der Waals surface area contributed by atoms with Crippen LogP contribution in [0.2, 0.25) is 0 Å². The molecule has 0 aromatic carbocycles. The first-order valence-corrected chi connectivity index (χ1v) is 9.23. The maximum absolute atomic E-state index is 10.6. The van der Waals surface area contributed by atoms with Gasteiger partial charge in [-0.05, 0) is 43.4 Å². The molecule has 9 heteroatoms. The van der Waals surface area contributed by atoms with E-state index >= 15 is 0 Å². The van der Waals surface area contributed by atoms with Crippen LogP contribution in [-0.2, 0) is 14.1 Å². The lowest BCUT2D eigenvalue weighted by molar-refractivity contribution is -0.199. The molecule has 4 aliphatic rings. The molecular weight excluding hydrogens is 350 g/mol. The zero-order chi connectivity index (χ0) is 19.9. The molecule has 1 saturated heterocycles. The minimum Gasteiger partial charge on any atom is -0.475 e. The summed E-state index contributed by atoms with van der Waals surface area (Å²) in [6.07, 6.45) is 0.975. The number of hydrogen-bond acceptors (Lipinski definition) is 4.